The van der Waals surface area contributed by atoms with E-state index in [0.717, 1.165) is 11.8 Å². The first-order chi connectivity index (χ1) is 6.83. The van der Waals surface area contributed by atoms with Crippen molar-refractivity contribution >= 4 is 0 Å². The summed E-state index contributed by atoms with van der Waals surface area (Å²) in [4.78, 5) is 0. The SMILES string of the molecule is COC1CCC2CC(OC)CCC2C1. The largest absolute Gasteiger partial charge is 0.381 e. The van der Waals surface area contributed by atoms with E-state index in [4.69, 9.17) is 9.47 Å². The van der Waals surface area contributed by atoms with Gasteiger partial charge in [-0.15, -0.1) is 0 Å². The number of hydrogen-bond acceptors (Lipinski definition) is 2. The van der Waals surface area contributed by atoms with Crippen LogP contribution >= 0.6 is 0 Å². The minimum Gasteiger partial charge on any atom is -0.381 e. The average molecular weight is 198 g/mol. The van der Waals surface area contributed by atoms with Crippen LogP contribution in [0, 0.1) is 11.8 Å². The molecule has 0 spiro atoms. The van der Waals surface area contributed by atoms with E-state index in [0.29, 0.717) is 12.2 Å². The number of fused-ring (bicyclic) bond motifs is 1. The summed E-state index contributed by atoms with van der Waals surface area (Å²) < 4.78 is 10.9. The van der Waals surface area contributed by atoms with E-state index >= 15 is 0 Å². The van der Waals surface area contributed by atoms with Gasteiger partial charge >= 0.3 is 0 Å². The third kappa shape index (κ3) is 2.12. The zero-order valence-corrected chi connectivity index (χ0v) is 9.37. The standard InChI is InChI=1S/C12H22O2/c1-13-11-5-3-10-8-12(14-2)6-4-9(10)7-11/h9-12H,3-8H2,1-2H3. The van der Waals surface area contributed by atoms with Crippen LogP contribution in [0.5, 0.6) is 0 Å². The van der Waals surface area contributed by atoms with Crippen LogP contribution in [0.25, 0.3) is 0 Å². The highest BCUT2D eigenvalue weighted by molar-refractivity contribution is 4.86. The first kappa shape index (κ1) is 10.4. The Bertz CT molecular complexity index is 161. The predicted octanol–water partition coefficient (Wildman–Crippen LogP) is 2.62. The lowest BCUT2D eigenvalue weighted by Crippen LogP contribution is -2.35. The summed E-state index contributed by atoms with van der Waals surface area (Å²) in [7, 11) is 3.71. The Hall–Kier alpha value is -0.0800. The third-order valence-electron chi connectivity index (χ3n) is 4.18. The molecule has 0 N–H and O–H groups in total. The molecule has 0 amide bonds. The maximum Gasteiger partial charge on any atom is 0.0574 e. The molecule has 2 nitrogen and oxygen atoms in total. The van der Waals surface area contributed by atoms with Crippen LogP contribution in [0.2, 0.25) is 0 Å². The zero-order valence-electron chi connectivity index (χ0n) is 9.37. The molecule has 0 bridgehead atoms. The molecule has 4 atom stereocenters. The van der Waals surface area contributed by atoms with E-state index in [-0.39, 0.29) is 0 Å². The quantitative estimate of drug-likeness (QED) is 0.679. The molecule has 0 saturated heterocycles. The molecule has 2 saturated carbocycles. The third-order valence-corrected chi connectivity index (χ3v) is 4.18. The molecule has 4 unspecified atom stereocenters. The van der Waals surface area contributed by atoms with E-state index in [2.05, 4.69) is 0 Å². The van der Waals surface area contributed by atoms with Crippen LogP contribution in [-0.2, 0) is 9.47 Å². The van der Waals surface area contributed by atoms with Crippen molar-refractivity contribution in [2.75, 3.05) is 14.2 Å². The highest BCUT2D eigenvalue weighted by Gasteiger charge is 2.35. The Morgan fingerprint density at radius 2 is 1.14 bits per heavy atom. The van der Waals surface area contributed by atoms with E-state index in [1.165, 1.54) is 38.5 Å². The molecule has 2 fully saturated rings. The molecular weight excluding hydrogens is 176 g/mol. The second-order valence-electron chi connectivity index (χ2n) is 4.86. The van der Waals surface area contributed by atoms with Gasteiger partial charge in [-0.3, -0.25) is 0 Å². The highest BCUT2D eigenvalue weighted by atomic mass is 16.5. The second kappa shape index (κ2) is 4.63. The van der Waals surface area contributed by atoms with Crippen LogP contribution in [0.15, 0.2) is 0 Å². The van der Waals surface area contributed by atoms with E-state index in [1.54, 1.807) is 0 Å². The van der Waals surface area contributed by atoms with Gasteiger partial charge < -0.3 is 9.47 Å². The lowest BCUT2D eigenvalue weighted by atomic mass is 9.69. The molecule has 14 heavy (non-hydrogen) atoms. The number of ether oxygens (including phenoxy) is 2. The minimum atomic E-state index is 0.537. The van der Waals surface area contributed by atoms with E-state index < -0.39 is 0 Å². The van der Waals surface area contributed by atoms with Crippen molar-refractivity contribution in [2.45, 2.75) is 50.7 Å². The van der Waals surface area contributed by atoms with Crippen molar-refractivity contribution in [2.24, 2.45) is 11.8 Å². The van der Waals surface area contributed by atoms with Gasteiger partial charge in [0.1, 0.15) is 0 Å². The van der Waals surface area contributed by atoms with Gasteiger partial charge in [0.15, 0.2) is 0 Å². The Kier molecular flexibility index (Phi) is 3.45. The van der Waals surface area contributed by atoms with Gasteiger partial charge in [0.25, 0.3) is 0 Å². The maximum atomic E-state index is 5.46. The number of hydrogen-bond donors (Lipinski definition) is 0. The van der Waals surface area contributed by atoms with Gasteiger partial charge in [0, 0.05) is 14.2 Å². The molecule has 0 radical (unpaired) electrons. The molecule has 0 aromatic carbocycles. The summed E-state index contributed by atoms with van der Waals surface area (Å²) in [6.45, 7) is 0. The van der Waals surface area contributed by atoms with Crippen molar-refractivity contribution in [3.05, 3.63) is 0 Å². The molecule has 0 aromatic rings. The first-order valence-electron chi connectivity index (χ1n) is 5.89. The Morgan fingerprint density at radius 3 is 1.50 bits per heavy atom. The van der Waals surface area contributed by atoms with Crippen LogP contribution in [0.4, 0.5) is 0 Å². The summed E-state index contributed by atoms with van der Waals surface area (Å²) in [5.74, 6) is 1.83. The van der Waals surface area contributed by atoms with Gasteiger partial charge in [-0.25, -0.2) is 0 Å². The number of rotatable bonds is 2. The van der Waals surface area contributed by atoms with Crippen molar-refractivity contribution < 1.29 is 9.47 Å². The molecule has 2 rings (SSSR count). The normalized spacial score (nSPS) is 43.3. The zero-order chi connectivity index (χ0) is 9.97. The first-order valence-corrected chi connectivity index (χ1v) is 5.89. The summed E-state index contributed by atoms with van der Waals surface area (Å²) in [5.41, 5.74) is 0. The molecule has 0 aromatic heterocycles. The fraction of sp³-hybridized carbons (Fsp3) is 1.00. The van der Waals surface area contributed by atoms with Gasteiger partial charge in [-0.05, 0) is 50.4 Å². The molecule has 0 heterocycles. The number of methoxy groups -OCH3 is 2. The molecular formula is C12H22O2. The summed E-state index contributed by atoms with van der Waals surface area (Å²) >= 11 is 0. The molecule has 0 aliphatic heterocycles. The fourth-order valence-electron chi connectivity index (χ4n) is 3.23. The lowest BCUT2D eigenvalue weighted by molar-refractivity contribution is -0.0259. The Morgan fingerprint density at radius 1 is 0.714 bits per heavy atom. The molecule has 2 aliphatic carbocycles. The van der Waals surface area contributed by atoms with Gasteiger partial charge in [-0.2, -0.15) is 0 Å². The van der Waals surface area contributed by atoms with E-state index in [1.807, 2.05) is 14.2 Å². The fourth-order valence-corrected chi connectivity index (χ4v) is 3.23. The monoisotopic (exact) mass is 198 g/mol. The van der Waals surface area contributed by atoms with Gasteiger partial charge in [-0.1, -0.05) is 0 Å². The summed E-state index contributed by atoms with van der Waals surface area (Å²) in [6, 6.07) is 0. The molecule has 2 heteroatoms. The average Bonchev–Trinajstić information content (AvgIpc) is 2.27. The Labute approximate surface area is 87.0 Å². The smallest absolute Gasteiger partial charge is 0.0574 e. The second-order valence-corrected chi connectivity index (χ2v) is 4.86. The van der Waals surface area contributed by atoms with Crippen LogP contribution in [0.1, 0.15) is 38.5 Å². The van der Waals surface area contributed by atoms with Crippen molar-refractivity contribution in [3.63, 3.8) is 0 Å². The van der Waals surface area contributed by atoms with Crippen molar-refractivity contribution in [1.29, 1.82) is 0 Å². The topological polar surface area (TPSA) is 18.5 Å². The van der Waals surface area contributed by atoms with Gasteiger partial charge in [0.2, 0.25) is 0 Å². The van der Waals surface area contributed by atoms with Crippen molar-refractivity contribution in [1.82, 2.24) is 0 Å². The van der Waals surface area contributed by atoms with Crippen LogP contribution in [0.3, 0.4) is 0 Å². The van der Waals surface area contributed by atoms with Crippen molar-refractivity contribution in [3.8, 4) is 0 Å². The Balaban J connectivity index is 1.88. The summed E-state index contributed by atoms with van der Waals surface area (Å²) in [5, 5.41) is 0. The van der Waals surface area contributed by atoms with Gasteiger partial charge in [0.05, 0.1) is 12.2 Å². The maximum absolute atomic E-state index is 5.46. The lowest BCUT2D eigenvalue weighted by Gasteiger charge is -2.41. The van der Waals surface area contributed by atoms with Crippen LogP contribution in [-0.4, -0.2) is 26.4 Å². The molecule has 2 aliphatic rings. The predicted molar refractivity (Wildman–Crippen MR) is 56.3 cm³/mol. The van der Waals surface area contributed by atoms with E-state index in [9.17, 15) is 0 Å². The highest BCUT2D eigenvalue weighted by Crippen LogP contribution is 2.41. The summed E-state index contributed by atoms with van der Waals surface area (Å²) in [6.07, 6.45) is 8.87. The van der Waals surface area contributed by atoms with Crippen LogP contribution < -0.4 is 0 Å². The minimum absolute atomic E-state index is 0.537. The molecule has 82 valence electrons.